The Morgan fingerprint density at radius 2 is 2.00 bits per heavy atom. The number of aliphatic hydroxyl groups is 1. The number of benzene rings is 1. The number of thiazole rings is 1. The summed E-state index contributed by atoms with van der Waals surface area (Å²) >= 11 is 1.62. The van der Waals surface area contributed by atoms with Gasteiger partial charge in [0.25, 0.3) is 0 Å². The lowest BCUT2D eigenvalue weighted by atomic mass is 10.2. The van der Waals surface area contributed by atoms with Gasteiger partial charge in [0.15, 0.2) is 0 Å². The van der Waals surface area contributed by atoms with Crippen molar-refractivity contribution < 1.29 is 5.11 Å². The van der Waals surface area contributed by atoms with Gasteiger partial charge in [-0.05, 0) is 12.8 Å². The van der Waals surface area contributed by atoms with Crippen molar-refractivity contribution in [3.05, 3.63) is 40.9 Å². The van der Waals surface area contributed by atoms with Gasteiger partial charge in [-0.25, -0.2) is 4.98 Å². The molecule has 1 aliphatic rings. The molecule has 3 rings (SSSR count). The molecule has 0 unspecified atom stereocenters. The predicted octanol–water partition coefficient (Wildman–Crippen LogP) is 3.18. The Labute approximate surface area is 98.6 Å². The summed E-state index contributed by atoms with van der Waals surface area (Å²) in [5, 5.41) is 10.4. The maximum Gasteiger partial charge on any atom is 0.123 e. The van der Waals surface area contributed by atoms with Crippen molar-refractivity contribution >= 4 is 11.3 Å². The molecule has 1 N–H and O–H groups in total. The average Bonchev–Trinajstić information content (AvgIpc) is 3.10. The van der Waals surface area contributed by atoms with E-state index in [2.05, 4.69) is 17.1 Å². The zero-order chi connectivity index (χ0) is 11.0. The Kier molecular flexibility index (Phi) is 2.50. The molecule has 1 aliphatic carbocycles. The first-order valence-electron chi connectivity index (χ1n) is 5.54. The highest BCUT2D eigenvalue weighted by Crippen LogP contribution is 2.44. The number of aromatic nitrogens is 1. The van der Waals surface area contributed by atoms with E-state index >= 15 is 0 Å². The average molecular weight is 231 g/mol. The van der Waals surface area contributed by atoms with Crippen molar-refractivity contribution in [2.24, 2.45) is 0 Å². The fourth-order valence-corrected chi connectivity index (χ4v) is 2.87. The van der Waals surface area contributed by atoms with Gasteiger partial charge in [-0.2, -0.15) is 0 Å². The molecular formula is C13H13NOS. The molecule has 0 radical (unpaired) electrons. The van der Waals surface area contributed by atoms with E-state index in [-0.39, 0.29) is 6.61 Å². The minimum atomic E-state index is 0.121. The highest BCUT2D eigenvalue weighted by atomic mass is 32.1. The Morgan fingerprint density at radius 1 is 1.25 bits per heavy atom. The van der Waals surface area contributed by atoms with Crippen LogP contribution in [-0.4, -0.2) is 10.1 Å². The van der Waals surface area contributed by atoms with Crippen LogP contribution in [0.5, 0.6) is 0 Å². The van der Waals surface area contributed by atoms with Crippen molar-refractivity contribution in [2.75, 3.05) is 0 Å². The van der Waals surface area contributed by atoms with Crippen molar-refractivity contribution in [3.8, 4) is 10.6 Å². The number of hydrogen-bond acceptors (Lipinski definition) is 3. The van der Waals surface area contributed by atoms with E-state index in [0.29, 0.717) is 5.92 Å². The van der Waals surface area contributed by atoms with Gasteiger partial charge in [0.1, 0.15) is 5.01 Å². The van der Waals surface area contributed by atoms with Crippen LogP contribution >= 0.6 is 11.3 Å². The molecule has 1 heterocycles. The molecule has 1 aromatic carbocycles. The zero-order valence-electron chi connectivity index (χ0n) is 8.89. The van der Waals surface area contributed by atoms with Crippen LogP contribution in [-0.2, 0) is 6.61 Å². The maximum atomic E-state index is 9.33. The van der Waals surface area contributed by atoms with Gasteiger partial charge < -0.3 is 5.11 Å². The Bertz CT molecular complexity index is 488. The molecule has 1 fully saturated rings. The third-order valence-electron chi connectivity index (χ3n) is 2.86. The van der Waals surface area contributed by atoms with E-state index in [4.69, 9.17) is 0 Å². The normalized spacial score (nSPS) is 15.3. The van der Waals surface area contributed by atoms with Crippen molar-refractivity contribution in [1.82, 2.24) is 4.98 Å². The molecule has 1 aromatic heterocycles. The van der Waals surface area contributed by atoms with Crippen LogP contribution in [0.25, 0.3) is 10.6 Å². The number of hydrogen-bond donors (Lipinski definition) is 1. The highest BCUT2D eigenvalue weighted by molar-refractivity contribution is 7.15. The fourth-order valence-electron chi connectivity index (χ4n) is 1.86. The zero-order valence-corrected chi connectivity index (χ0v) is 9.70. The molecule has 0 bridgehead atoms. The fraction of sp³-hybridized carbons (Fsp3) is 0.308. The van der Waals surface area contributed by atoms with E-state index in [9.17, 15) is 5.11 Å². The number of aliphatic hydroxyl groups excluding tert-OH is 1. The molecule has 2 nitrogen and oxygen atoms in total. The molecule has 82 valence electrons. The molecule has 1 saturated carbocycles. The lowest BCUT2D eigenvalue weighted by molar-refractivity contribution is 0.284. The van der Waals surface area contributed by atoms with Gasteiger partial charge >= 0.3 is 0 Å². The van der Waals surface area contributed by atoms with Crippen LogP contribution in [0.15, 0.2) is 30.3 Å². The molecule has 0 amide bonds. The SMILES string of the molecule is OCc1sc(-c2ccccc2)nc1C1CC1. The van der Waals surface area contributed by atoms with E-state index < -0.39 is 0 Å². The first-order chi connectivity index (χ1) is 7.88. The Morgan fingerprint density at radius 3 is 2.62 bits per heavy atom. The summed E-state index contributed by atoms with van der Waals surface area (Å²) in [6, 6.07) is 10.2. The molecule has 16 heavy (non-hydrogen) atoms. The van der Waals surface area contributed by atoms with Gasteiger partial charge in [0.2, 0.25) is 0 Å². The second-order valence-corrected chi connectivity index (χ2v) is 5.21. The molecular weight excluding hydrogens is 218 g/mol. The summed E-state index contributed by atoms with van der Waals surface area (Å²) in [6.45, 7) is 0.121. The van der Waals surface area contributed by atoms with Crippen LogP contribution < -0.4 is 0 Å². The van der Waals surface area contributed by atoms with Crippen LogP contribution in [0.2, 0.25) is 0 Å². The quantitative estimate of drug-likeness (QED) is 0.880. The Hall–Kier alpha value is -1.19. The monoisotopic (exact) mass is 231 g/mol. The molecule has 2 aromatic rings. The summed E-state index contributed by atoms with van der Waals surface area (Å²) in [5.41, 5.74) is 2.28. The van der Waals surface area contributed by atoms with Crippen molar-refractivity contribution in [1.29, 1.82) is 0 Å². The minimum Gasteiger partial charge on any atom is -0.391 e. The summed E-state index contributed by atoms with van der Waals surface area (Å²) < 4.78 is 0. The first kappa shape index (κ1) is 10.00. The second-order valence-electron chi connectivity index (χ2n) is 4.13. The van der Waals surface area contributed by atoms with Gasteiger partial charge in [-0.1, -0.05) is 30.3 Å². The molecule has 3 heteroatoms. The molecule has 0 saturated heterocycles. The van der Waals surface area contributed by atoms with E-state index in [1.54, 1.807) is 11.3 Å². The summed E-state index contributed by atoms with van der Waals surface area (Å²) in [4.78, 5) is 5.71. The van der Waals surface area contributed by atoms with Crippen LogP contribution in [0.4, 0.5) is 0 Å². The smallest absolute Gasteiger partial charge is 0.123 e. The third-order valence-corrected chi connectivity index (χ3v) is 3.96. The highest BCUT2D eigenvalue weighted by Gasteiger charge is 2.29. The molecule has 0 atom stereocenters. The van der Waals surface area contributed by atoms with E-state index in [0.717, 1.165) is 21.1 Å². The second kappa shape index (κ2) is 4.00. The predicted molar refractivity (Wildman–Crippen MR) is 65.4 cm³/mol. The summed E-state index contributed by atoms with van der Waals surface area (Å²) in [6.07, 6.45) is 2.45. The maximum absolute atomic E-state index is 9.33. The van der Waals surface area contributed by atoms with E-state index in [1.165, 1.54) is 12.8 Å². The number of nitrogens with zero attached hydrogens (tertiary/aromatic N) is 1. The molecule has 0 aliphatic heterocycles. The summed E-state index contributed by atoms with van der Waals surface area (Å²) in [5.74, 6) is 0.607. The van der Waals surface area contributed by atoms with Gasteiger partial charge in [-0.3, -0.25) is 0 Å². The Balaban J connectivity index is 2.02. The van der Waals surface area contributed by atoms with Gasteiger partial charge in [0, 0.05) is 11.5 Å². The first-order valence-corrected chi connectivity index (χ1v) is 6.36. The molecule has 0 spiro atoms. The van der Waals surface area contributed by atoms with Gasteiger partial charge in [-0.15, -0.1) is 11.3 Å². The van der Waals surface area contributed by atoms with Gasteiger partial charge in [0.05, 0.1) is 17.2 Å². The summed E-state index contributed by atoms with van der Waals surface area (Å²) in [7, 11) is 0. The lowest BCUT2D eigenvalue weighted by Crippen LogP contribution is -1.86. The van der Waals surface area contributed by atoms with Crippen molar-refractivity contribution in [3.63, 3.8) is 0 Å². The minimum absolute atomic E-state index is 0.121. The van der Waals surface area contributed by atoms with Crippen molar-refractivity contribution in [2.45, 2.75) is 25.4 Å². The van der Waals surface area contributed by atoms with Crippen LogP contribution in [0.3, 0.4) is 0 Å². The van der Waals surface area contributed by atoms with Crippen LogP contribution in [0.1, 0.15) is 29.3 Å². The standard InChI is InChI=1S/C13H13NOS/c15-8-11-12(9-6-7-9)14-13(16-11)10-4-2-1-3-5-10/h1-5,9,15H,6-8H2. The largest absolute Gasteiger partial charge is 0.391 e. The topological polar surface area (TPSA) is 33.1 Å². The lowest BCUT2D eigenvalue weighted by Gasteiger charge is -1.93. The third kappa shape index (κ3) is 1.77. The number of rotatable bonds is 3. The van der Waals surface area contributed by atoms with Crippen LogP contribution in [0, 0.1) is 0 Å². The van der Waals surface area contributed by atoms with E-state index in [1.807, 2.05) is 18.2 Å².